The first-order valence-electron chi connectivity index (χ1n) is 9.95. The predicted octanol–water partition coefficient (Wildman–Crippen LogP) is 6.71. The Morgan fingerprint density at radius 2 is 1.03 bits per heavy atom. The fourth-order valence-corrected chi connectivity index (χ4v) is 5.59. The molecule has 0 aliphatic carbocycles. The van der Waals surface area contributed by atoms with E-state index in [4.69, 9.17) is 12.6 Å². The van der Waals surface area contributed by atoms with Gasteiger partial charge in [0.2, 0.25) is 0 Å². The van der Waals surface area contributed by atoms with Crippen LogP contribution in [0.5, 0.6) is 5.75 Å². The van der Waals surface area contributed by atoms with Gasteiger partial charge in [-0.2, -0.15) is 4.90 Å². The molecule has 0 aliphatic rings. The molecular weight excluding hydrogens is 534 g/mol. The second-order valence-electron chi connectivity index (χ2n) is 6.99. The number of hydrogen-bond donors (Lipinski definition) is 1. The Labute approximate surface area is 223 Å². The van der Waals surface area contributed by atoms with E-state index in [-0.39, 0.29) is 30.7 Å². The summed E-state index contributed by atoms with van der Waals surface area (Å²) >= 11 is 8.59. The molecule has 4 aromatic carbocycles. The Morgan fingerprint density at radius 3 is 1.56 bits per heavy atom. The van der Waals surface area contributed by atoms with Gasteiger partial charge >= 0.3 is 0 Å². The van der Waals surface area contributed by atoms with Crippen LogP contribution < -0.4 is 0 Å². The van der Waals surface area contributed by atoms with Gasteiger partial charge in [-0.1, -0.05) is 60.7 Å². The summed E-state index contributed by atoms with van der Waals surface area (Å²) < 4.78 is 2.34. The van der Waals surface area contributed by atoms with Crippen molar-refractivity contribution in [2.24, 2.45) is 0 Å². The quantitative estimate of drug-likeness (QED) is 0.191. The van der Waals surface area contributed by atoms with Crippen molar-refractivity contribution in [3.63, 3.8) is 0 Å². The maximum atomic E-state index is 9.76. The molecule has 0 bridgehead atoms. The molecule has 0 aliphatic heterocycles. The Kier molecular flexibility index (Phi) is 8.83. The molecule has 4 nitrogen and oxygen atoms in total. The van der Waals surface area contributed by atoms with Crippen LogP contribution in [0.15, 0.2) is 102 Å². The van der Waals surface area contributed by atoms with E-state index in [1.165, 1.54) is 4.70 Å². The average Bonchev–Trinajstić information content (AvgIpc) is 3.44. The van der Waals surface area contributed by atoms with E-state index in [2.05, 4.69) is 16.0 Å². The maximum Gasteiger partial charge on any atom is 0.128 e. The molecule has 6 rings (SSSR count). The van der Waals surface area contributed by atoms with E-state index in [1.54, 1.807) is 28.7 Å². The Bertz CT molecular complexity index is 1350. The largest absolute Gasteiger partial charge is 0.779 e. The van der Waals surface area contributed by atoms with Crippen LogP contribution in [0.1, 0.15) is 0 Å². The van der Waals surface area contributed by atoms with Crippen molar-refractivity contribution in [2.45, 2.75) is 4.90 Å². The van der Waals surface area contributed by atoms with E-state index < -0.39 is 0 Å². The molecule has 0 saturated heterocycles. The Hall–Kier alpha value is -2.74. The number of para-hydroxylation sites is 3. The first-order chi connectivity index (χ1) is 15.7. The molecule has 3 N–H and O–H groups in total. The standard InChI is InChI=1S/C13H9NOS.C13H9NS2.H2O.Zn/c2*15-11-7-3-1-5-9(11)13-14-10-6-2-4-8-12(10)16-13;;/h2*1-8,15H;1H2;/p-1. The van der Waals surface area contributed by atoms with E-state index in [0.29, 0.717) is 0 Å². The van der Waals surface area contributed by atoms with Crippen LogP contribution in [0.3, 0.4) is 0 Å². The molecule has 8 heteroatoms. The van der Waals surface area contributed by atoms with Crippen molar-refractivity contribution in [1.82, 2.24) is 9.97 Å². The van der Waals surface area contributed by atoms with Crippen molar-refractivity contribution in [1.29, 1.82) is 0 Å². The van der Waals surface area contributed by atoms with Crippen LogP contribution in [-0.4, -0.2) is 20.6 Å². The predicted molar refractivity (Wildman–Crippen MR) is 141 cm³/mol. The second kappa shape index (κ2) is 11.6. The van der Waals surface area contributed by atoms with Crippen LogP contribution >= 0.6 is 22.7 Å². The normalized spacial score (nSPS) is 10.1. The fraction of sp³-hybridized carbons (Fsp3) is 0. The monoisotopic (exact) mass is 551 g/mol. The molecular formula is C26H19N2O2S3Zn-. The van der Waals surface area contributed by atoms with Gasteiger partial charge in [0.15, 0.2) is 0 Å². The van der Waals surface area contributed by atoms with Crippen LogP contribution in [0.2, 0.25) is 0 Å². The number of thiazole rings is 2. The number of aromatic hydroxyl groups is 1. The van der Waals surface area contributed by atoms with Gasteiger partial charge in [-0.3, -0.25) is 0 Å². The molecule has 2 heterocycles. The number of rotatable bonds is 2. The summed E-state index contributed by atoms with van der Waals surface area (Å²) in [6.45, 7) is 0. The zero-order valence-electron chi connectivity index (χ0n) is 18.0. The molecule has 34 heavy (non-hydrogen) atoms. The SMILES string of the molecule is O.Oc1ccccc1-c1nc2ccccc2s1.[S-]c1ccccc1-c1nc2ccccc2s1.[Zn]. The molecule has 2 aromatic heterocycles. The molecule has 0 fully saturated rings. The molecule has 6 aromatic rings. The molecule has 0 unspecified atom stereocenters. The molecule has 166 valence electrons. The van der Waals surface area contributed by atoms with E-state index >= 15 is 0 Å². The fourth-order valence-electron chi connectivity index (χ4n) is 3.27. The summed E-state index contributed by atoms with van der Waals surface area (Å²) in [6.07, 6.45) is 0. The van der Waals surface area contributed by atoms with Gasteiger partial charge < -0.3 is 23.2 Å². The average molecular weight is 553 g/mol. The minimum absolute atomic E-state index is 0. The van der Waals surface area contributed by atoms with Crippen molar-refractivity contribution in [2.75, 3.05) is 0 Å². The molecule has 0 amide bonds. The Morgan fingerprint density at radius 1 is 0.588 bits per heavy atom. The first-order valence-corrected chi connectivity index (χ1v) is 12.0. The summed E-state index contributed by atoms with van der Waals surface area (Å²) in [7, 11) is 0. The number of nitrogens with zero attached hydrogens (tertiary/aromatic N) is 2. The van der Waals surface area contributed by atoms with Gasteiger partial charge in [-0.15, -0.1) is 22.7 Å². The van der Waals surface area contributed by atoms with E-state index in [0.717, 1.165) is 41.8 Å². The molecule has 0 spiro atoms. The third-order valence-electron chi connectivity index (χ3n) is 4.84. The summed E-state index contributed by atoms with van der Waals surface area (Å²) in [6, 6.07) is 31.3. The summed E-state index contributed by atoms with van der Waals surface area (Å²) in [4.78, 5) is 9.96. The first kappa shape index (κ1) is 25.9. The van der Waals surface area contributed by atoms with Crippen molar-refractivity contribution in [3.8, 4) is 26.9 Å². The van der Waals surface area contributed by atoms with Crippen LogP contribution in [0.25, 0.3) is 41.6 Å². The van der Waals surface area contributed by atoms with Crippen LogP contribution in [-0.2, 0) is 32.1 Å². The number of fused-ring (bicyclic) bond motifs is 2. The topological polar surface area (TPSA) is 77.5 Å². The van der Waals surface area contributed by atoms with Crippen LogP contribution in [0, 0.1) is 0 Å². The Balaban J connectivity index is 0.000000180. The zero-order chi connectivity index (χ0) is 21.9. The summed E-state index contributed by atoms with van der Waals surface area (Å²) in [5.41, 5.74) is 3.87. The third-order valence-corrected chi connectivity index (χ3v) is 7.34. The minimum Gasteiger partial charge on any atom is -0.779 e. The smallest absolute Gasteiger partial charge is 0.128 e. The molecule has 0 radical (unpaired) electrons. The van der Waals surface area contributed by atoms with Gasteiger partial charge in [0.25, 0.3) is 0 Å². The van der Waals surface area contributed by atoms with Gasteiger partial charge in [0.05, 0.1) is 26.0 Å². The van der Waals surface area contributed by atoms with Crippen molar-refractivity contribution >= 4 is 55.7 Å². The number of phenolic OH excluding ortho intramolecular Hbond substituents is 1. The van der Waals surface area contributed by atoms with Gasteiger partial charge in [-0.25, -0.2) is 9.97 Å². The summed E-state index contributed by atoms with van der Waals surface area (Å²) in [5.74, 6) is 0.279. The van der Waals surface area contributed by atoms with Crippen molar-refractivity contribution < 1.29 is 30.1 Å². The second-order valence-corrected chi connectivity index (χ2v) is 9.49. The number of hydrogen-bond acceptors (Lipinski definition) is 6. The van der Waals surface area contributed by atoms with Gasteiger partial charge in [-0.05, 0) is 42.0 Å². The molecule has 0 atom stereocenters. The number of benzene rings is 4. The number of phenols is 1. The molecule has 0 saturated carbocycles. The minimum atomic E-state index is 0. The maximum absolute atomic E-state index is 9.76. The van der Waals surface area contributed by atoms with Gasteiger partial charge in [0.1, 0.15) is 15.8 Å². The van der Waals surface area contributed by atoms with E-state index in [9.17, 15) is 5.11 Å². The zero-order valence-corrected chi connectivity index (χ0v) is 23.4. The van der Waals surface area contributed by atoms with Crippen molar-refractivity contribution in [3.05, 3.63) is 97.1 Å². The van der Waals surface area contributed by atoms with Gasteiger partial charge in [0, 0.05) is 19.5 Å². The van der Waals surface area contributed by atoms with E-state index in [1.807, 2.05) is 84.9 Å². The number of aromatic nitrogens is 2. The third kappa shape index (κ3) is 5.49. The van der Waals surface area contributed by atoms with Crippen LogP contribution in [0.4, 0.5) is 0 Å². The summed E-state index contributed by atoms with van der Waals surface area (Å²) in [5, 5.41) is 11.6.